The van der Waals surface area contributed by atoms with Crippen molar-refractivity contribution in [2.24, 2.45) is 11.8 Å². The fourth-order valence-corrected chi connectivity index (χ4v) is 3.34. The third-order valence-electron chi connectivity index (χ3n) is 4.12. The van der Waals surface area contributed by atoms with E-state index in [4.69, 9.17) is 18.9 Å². The summed E-state index contributed by atoms with van der Waals surface area (Å²) in [6.45, 7) is 3.98. The van der Waals surface area contributed by atoms with E-state index in [1.807, 2.05) is 0 Å². The molecule has 0 amide bonds. The van der Waals surface area contributed by atoms with Crippen molar-refractivity contribution < 1.29 is 38.4 Å². The van der Waals surface area contributed by atoms with E-state index in [0.29, 0.717) is 0 Å². The Kier molecular flexibility index (Phi) is 4.65. The maximum absolute atomic E-state index is 12.0. The van der Waals surface area contributed by atoms with E-state index < -0.39 is 47.7 Å². The van der Waals surface area contributed by atoms with Crippen LogP contribution >= 0.6 is 0 Å². The SMILES string of the molecule is COC(=O)C1=CO[C@@H](OC(C)=O)[C@H]2[C@@H]1[C@H](OC(C)=O)C[C@]2(C)O. The second kappa shape index (κ2) is 6.19. The molecule has 0 aromatic carbocycles. The molecular weight excluding hydrogens is 308 g/mol. The van der Waals surface area contributed by atoms with Crippen LogP contribution in [0.3, 0.4) is 0 Å². The molecule has 8 nitrogen and oxygen atoms in total. The van der Waals surface area contributed by atoms with Crippen LogP contribution < -0.4 is 0 Å². The van der Waals surface area contributed by atoms with E-state index >= 15 is 0 Å². The van der Waals surface area contributed by atoms with Crippen LogP contribution in [0.2, 0.25) is 0 Å². The molecule has 1 aliphatic heterocycles. The number of hydrogen-bond acceptors (Lipinski definition) is 8. The number of esters is 3. The molecule has 1 saturated carbocycles. The smallest absolute Gasteiger partial charge is 0.337 e. The van der Waals surface area contributed by atoms with E-state index in [2.05, 4.69) is 0 Å². The molecule has 1 fully saturated rings. The second-order valence-electron chi connectivity index (χ2n) is 5.94. The topological polar surface area (TPSA) is 108 Å². The number of carbonyl (C=O) groups is 3. The molecule has 0 aromatic rings. The third-order valence-corrected chi connectivity index (χ3v) is 4.12. The standard InChI is InChI=1S/C15H20O8/c1-7(16)22-10-5-15(3,19)12-11(10)9(13(18)20-4)6-21-14(12)23-8(2)17/h6,10-12,14,19H,5H2,1-4H3/t10-,11+,12-,14+,15+/m1/s1. The number of methoxy groups -OCH3 is 1. The molecule has 1 heterocycles. The van der Waals surface area contributed by atoms with Crippen molar-refractivity contribution in [3.8, 4) is 0 Å². The van der Waals surface area contributed by atoms with Crippen LogP contribution in [0.15, 0.2) is 11.8 Å². The van der Waals surface area contributed by atoms with Gasteiger partial charge in [0.25, 0.3) is 0 Å². The summed E-state index contributed by atoms with van der Waals surface area (Å²) in [5.41, 5.74) is -1.23. The van der Waals surface area contributed by atoms with Crippen molar-refractivity contribution >= 4 is 17.9 Å². The molecule has 0 saturated heterocycles. The monoisotopic (exact) mass is 328 g/mol. The van der Waals surface area contributed by atoms with Gasteiger partial charge in [-0.25, -0.2) is 4.79 Å². The maximum Gasteiger partial charge on any atom is 0.337 e. The predicted octanol–water partition coefficient (Wildman–Crippen LogP) is 0.281. The predicted molar refractivity (Wildman–Crippen MR) is 74.5 cm³/mol. The number of carbonyl (C=O) groups excluding carboxylic acids is 3. The van der Waals surface area contributed by atoms with Crippen LogP contribution in [0.25, 0.3) is 0 Å². The van der Waals surface area contributed by atoms with Gasteiger partial charge in [0.15, 0.2) is 0 Å². The summed E-state index contributed by atoms with van der Waals surface area (Å²) in [5, 5.41) is 10.7. The van der Waals surface area contributed by atoms with Gasteiger partial charge in [0.05, 0.1) is 30.5 Å². The molecule has 23 heavy (non-hydrogen) atoms. The highest BCUT2D eigenvalue weighted by Crippen LogP contribution is 2.50. The summed E-state index contributed by atoms with van der Waals surface area (Å²) < 4.78 is 20.4. The summed E-state index contributed by atoms with van der Waals surface area (Å²) in [6, 6.07) is 0. The first-order valence-corrected chi connectivity index (χ1v) is 7.18. The highest BCUT2D eigenvalue weighted by atomic mass is 16.7. The van der Waals surface area contributed by atoms with Gasteiger partial charge in [0, 0.05) is 26.2 Å². The fourth-order valence-electron chi connectivity index (χ4n) is 3.34. The Labute approximate surface area is 133 Å². The van der Waals surface area contributed by atoms with Gasteiger partial charge in [0.2, 0.25) is 6.29 Å². The van der Waals surface area contributed by atoms with E-state index in [0.717, 1.165) is 6.26 Å². The lowest BCUT2D eigenvalue weighted by atomic mass is 9.81. The highest BCUT2D eigenvalue weighted by Gasteiger charge is 2.60. The Balaban J connectivity index is 2.43. The third kappa shape index (κ3) is 3.31. The first-order valence-electron chi connectivity index (χ1n) is 7.18. The van der Waals surface area contributed by atoms with Gasteiger partial charge >= 0.3 is 17.9 Å². The average molecular weight is 328 g/mol. The zero-order valence-electron chi connectivity index (χ0n) is 13.4. The largest absolute Gasteiger partial charge is 0.466 e. The van der Waals surface area contributed by atoms with Crippen molar-refractivity contribution in [3.63, 3.8) is 0 Å². The Bertz CT molecular complexity index is 550. The number of rotatable bonds is 3. The number of ether oxygens (including phenoxy) is 4. The van der Waals surface area contributed by atoms with Crippen LogP contribution in [0.4, 0.5) is 0 Å². The summed E-state index contributed by atoms with van der Waals surface area (Å²) in [5.74, 6) is -3.24. The molecule has 0 unspecified atom stereocenters. The van der Waals surface area contributed by atoms with Crippen LogP contribution in [0.1, 0.15) is 27.2 Å². The van der Waals surface area contributed by atoms with Gasteiger partial charge in [-0.1, -0.05) is 0 Å². The van der Waals surface area contributed by atoms with E-state index in [-0.39, 0.29) is 12.0 Å². The normalized spacial score (nSPS) is 35.4. The lowest BCUT2D eigenvalue weighted by Crippen LogP contribution is -2.47. The van der Waals surface area contributed by atoms with Gasteiger partial charge in [-0.3, -0.25) is 9.59 Å². The molecule has 1 aliphatic carbocycles. The van der Waals surface area contributed by atoms with Crippen molar-refractivity contribution in [1.29, 1.82) is 0 Å². The fraction of sp³-hybridized carbons (Fsp3) is 0.667. The van der Waals surface area contributed by atoms with Crippen LogP contribution in [0.5, 0.6) is 0 Å². The van der Waals surface area contributed by atoms with Crippen LogP contribution in [0, 0.1) is 11.8 Å². The van der Waals surface area contributed by atoms with E-state index in [9.17, 15) is 19.5 Å². The molecule has 128 valence electrons. The minimum Gasteiger partial charge on any atom is -0.466 e. The summed E-state index contributed by atoms with van der Waals surface area (Å²) in [7, 11) is 1.21. The lowest BCUT2D eigenvalue weighted by Gasteiger charge is -2.37. The molecule has 5 atom stereocenters. The van der Waals surface area contributed by atoms with Gasteiger partial charge in [-0.15, -0.1) is 0 Å². The molecule has 0 radical (unpaired) electrons. The molecule has 2 rings (SSSR count). The van der Waals surface area contributed by atoms with Crippen LogP contribution in [-0.2, 0) is 33.3 Å². The molecule has 8 heteroatoms. The van der Waals surface area contributed by atoms with E-state index in [1.165, 1.54) is 27.9 Å². The Morgan fingerprint density at radius 2 is 1.87 bits per heavy atom. The van der Waals surface area contributed by atoms with Crippen molar-refractivity contribution in [2.45, 2.75) is 45.2 Å². The van der Waals surface area contributed by atoms with Crippen molar-refractivity contribution in [2.75, 3.05) is 7.11 Å². The van der Waals surface area contributed by atoms with Gasteiger partial charge in [-0.2, -0.15) is 0 Å². The van der Waals surface area contributed by atoms with Crippen molar-refractivity contribution in [1.82, 2.24) is 0 Å². The minimum atomic E-state index is -1.36. The van der Waals surface area contributed by atoms with Gasteiger partial charge in [0.1, 0.15) is 6.10 Å². The highest BCUT2D eigenvalue weighted by molar-refractivity contribution is 5.89. The molecular formula is C15H20O8. The summed E-state index contributed by atoms with van der Waals surface area (Å²) in [4.78, 5) is 34.6. The zero-order chi connectivity index (χ0) is 17.4. The second-order valence-corrected chi connectivity index (χ2v) is 5.94. The maximum atomic E-state index is 12.0. The van der Waals surface area contributed by atoms with Gasteiger partial charge in [-0.05, 0) is 6.92 Å². The Morgan fingerprint density at radius 3 is 2.39 bits per heavy atom. The average Bonchev–Trinajstić information content (AvgIpc) is 2.69. The Morgan fingerprint density at radius 1 is 1.26 bits per heavy atom. The summed E-state index contributed by atoms with van der Waals surface area (Å²) in [6.07, 6.45) is -0.614. The number of hydrogen-bond donors (Lipinski definition) is 1. The minimum absolute atomic E-state index is 0.0807. The van der Waals surface area contributed by atoms with Crippen LogP contribution in [-0.4, -0.2) is 48.1 Å². The molecule has 1 N–H and O–H groups in total. The first kappa shape index (κ1) is 17.3. The first-order chi connectivity index (χ1) is 10.7. The Hall–Kier alpha value is -2.09. The number of fused-ring (bicyclic) bond motifs is 1. The summed E-state index contributed by atoms with van der Waals surface area (Å²) >= 11 is 0. The van der Waals surface area contributed by atoms with Gasteiger partial charge < -0.3 is 24.1 Å². The molecule has 0 aromatic heterocycles. The molecule has 2 aliphatic rings. The molecule has 0 spiro atoms. The lowest BCUT2D eigenvalue weighted by molar-refractivity contribution is -0.201. The van der Waals surface area contributed by atoms with E-state index in [1.54, 1.807) is 0 Å². The molecule has 0 bridgehead atoms. The number of aliphatic hydroxyl groups is 1. The quantitative estimate of drug-likeness (QED) is 0.581. The van der Waals surface area contributed by atoms with Crippen molar-refractivity contribution in [3.05, 3.63) is 11.8 Å². The zero-order valence-corrected chi connectivity index (χ0v) is 13.4.